The summed E-state index contributed by atoms with van der Waals surface area (Å²) in [5.41, 5.74) is 1.60. The first-order valence-corrected chi connectivity index (χ1v) is 7.63. The molecule has 0 aliphatic heterocycles. The quantitative estimate of drug-likeness (QED) is 0.880. The zero-order chi connectivity index (χ0) is 13.1. The van der Waals surface area contributed by atoms with Gasteiger partial charge in [-0.2, -0.15) is 0 Å². The second kappa shape index (κ2) is 5.36. The molecule has 102 valence electrons. The number of benzene rings is 1. The summed E-state index contributed by atoms with van der Waals surface area (Å²) < 4.78 is 0. The van der Waals surface area contributed by atoms with Crippen molar-refractivity contribution in [1.82, 2.24) is 5.32 Å². The van der Waals surface area contributed by atoms with Gasteiger partial charge < -0.3 is 5.32 Å². The maximum atomic E-state index is 12.0. The van der Waals surface area contributed by atoms with Crippen LogP contribution >= 0.6 is 0 Å². The normalized spacial score (nSPS) is 21.9. The van der Waals surface area contributed by atoms with Gasteiger partial charge in [-0.3, -0.25) is 4.79 Å². The average molecular weight is 257 g/mol. The van der Waals surface area contributed by atoms with Crippen LogP contribution in [0.2, 0.25) is 0 Å². The zero-order valence-corrected chi connectivity index (χ0v) is 11.5. The molecule has 1 N–H and O–H groups in total. The standard InChI is InChI=1S/C17H23NO/c19-16(14-7-6-8-14)18-13-17(11-4-5-12-17)15-9-2-1-3-10-15/h1-3,9-10,14H,4-8,11-13H2,(H,18,19). The van der Waals surface area contributed by atoms with E-state index in [-0.39, 0.29) is 11.3 Å². The fourth-order valence-corrected chi connectivity index (χ4v) is 3.48. The van der Waals surface area contributed by atoms with Crippen molar-refractivity contribution in [2.75, 3.05) is 6.54 Å². The van der Waals surface area contributed by atoms with Crippen molar-refractivity contribution in [3.05, 3.63) is 35.9 Å². The summed E-state index contributed by atoms with van der Waals surface area (Å²) in [6, 6.07) is 10.7. The van der Waals surface area contributed by atoms with Crippen molar-refractivity contribution in [2.24, 2.45) is 5.92 Å². The minimum atomic E-state index is 0.195. The van der Waals surface area contributed by atoms with Crippen LogP contribution in [0.1, 0.15) is 50.5 Å². The number of rotatable bonds is 4. The third kappa shape index (κ3) is 2.54. The fourth-order valence-electron chi connectivity index (χ4n) is 3.48. The molecule has 1 aromatic rings. The van der Waals surface area contributed by atoms with Gasteiger partial charge in [0.1, 0.15) is 0 Å². The van der Waals surface area contributed by atoms with Crippen LogP contribution in [0.3, 0.4) is 0 Å². The summed E-state index contributed by atoms with van der Waals surface area (Å²) >= 11 is 0. The van der Waals surface area contributed by atoms with Gasteiger partial charge in [0.05, 0.1) is 0 Å². The molecule has 19 heavy (non-hydrogen) atoms. The molecule has 0 heterocycles. The van der Waals surface area contributed by atoms with Crippen LogP contribution in [0, 0.1) is 5.92 Å². The average Bonchev–Trinajstić information content (AvgIpc) is 2.85. The van der Waals surface area contributed by atoms with Crippen LogP contribution in [0.4, 0.5) is 0 Å². The van der Waals surface area contributed by atoms with Crippen molar-refractivity contribution >= 4 is 5.91 Å². The Bertz CT molecular complexity index is 430. The third-order valence-corrected chi connectivity index (χ3v) is 5.02. The molecule has 0 saturated heterocycles. The molecule has 0 bridgehead atoms. The minimum absolute atomic E-state index is 0.195. The summed E-state index contributed by atoms with van der Waals surface area (Å²) in [5.74, 6) is 0.586. The monoisotopic (exact) mass is 257 g/mol. The summed E-state index contributed by atoms with van der Waals surface area (Å²) in [5, 5.41) is 3.23. The van der Waals surface area contributed by atoms with Crippen molar-refractivity contribution in [2.45, 2.75) is 50.4 Å². The highest BCUT2D eigenvalue weighted by Crippen LogP contribution is 2.40. The lowest BCUT2D eigenvalue weighted by molar-refractivity contribution is -0.127. The van der Waals surface area contributed by atoms with Crippen LogP contribution in [0.25, 0.3) is 0 Å². The first-order valence-electron chi connectivity index (χ1n) is 7.63. The lowest BCUT2D eigenvalue weighted by atomic mass is 9.78. The van der Waals surface area contributed by atoms with Crippen molar-refractivity contribution in [1.29, 1.82) is 0 Å². The molecule has 0 unspecified atom stereocenters. The number of hydrogen-bond donors (Lipinski definition) is 1. The molecule has 1 amide bonds. The van der Waals surface area contributed by atoms with Crippen LogP contribution in [-0.4, -0.2) is 12.5 Å². The highest BCUT2D eigenvalue weighted by atomic mass is 16.1. The minimum Gasteiger partial charge on any atom is -0.355 e. The molecule has 0 aromatic heterocycles. The highest BCUT2D eigenvalue weighted by Gasteiger charge is 2.36. The molecule has 3 rings (SSSR count). The van der Waals surface area contributed by atoms with E-state index in [9.17, 15) is 4.79 Å². The predicted molar refractivity (Wildman–Crippen MR) is 76.9 cm³/mol. The van der Waals surface area contributed by atoms with Crippen molar-refractivity contribution in [3.8, 4) is 0 Å². The molecule has 1 aromatic carbocycles. The van der Waals surface area contributed by atoms with E-state index in [1.807, 2.05) is 0 Å². The molecule has 2 saturated carbocycles. The van der Waals surface area contributed by atoms with Gasteiger partial charge in [0.15, 0.2) is 0 Å². The lowest BCUT2D eigenvalue weighted by Gasteiger charge is -2.32. The van der Waals surface area contributed by atoms with Crippen LogP contribution in [0.15, 0.2) is 30.3 Å². The van der Waals surface area contributed by atoms with E-state index in [1.165, 1.54) is 37.7 Å². The molecular weight excluding hydrogens is 234 g/mol. The van der Waals surface area contributed by atoms with E-state index in [4.69, 9.17) is 0 Å². The Labute approximate surface area is 115 Å². The summed E-state index contributed by atoms with van der Waals surface area (Å²) in [6.07, 6.45) is 8.39. The summed E-state index contributed by atoms with van der Waals surface area (Å²) in [4.78, 5) is 12.0. The molecule has 2 nitrogen and oxygen atoms in total. The lowest BCUT2D eigenvalue weighted by Crippen LogP contribution is -2.42. The van der Waals surface area contributed by atoms with Gasteiger partial charge in [-0.05, 0) is 31.2 Å². The molecule has 2 heteroatoms. The van der Waals surface area contributed by atoms with E-state index in [1.54, 1.807) is 0 Å². The Morgan fingerprint density at radius 1 is 1.11 bits per heavy atom. The molecular formula is C17H23NO. The predicted octanol–water partition coefficient (Wildman–Crippen LogP) is 3.41. The Kier molecular flexibility index (Phi) is 3.58. The first kappa shape index (κ1) is 12.7. The number of carbonyl (C=O) groups excluding carboxylic acids is 1. The topological polar surface area (TPSA) is 29.1 Å². The molecule has 2 aliphatic rings. The SMILES string of the molecule is O=C(NCC1(c2ccccc2)CCCC1)C1CCC1. The van der Waals surface area contributed by atoms with Gasteiger partial charge >= 0.3 is 0 Å². The van der Waals surface area contributed by atoms with E-state index < -0.39 is 0 Å². The van der Waals surface area contributed by atoms with Gasteiger partial charge in [-0.15, -0.1) is 0 Å². The Morgan fingerprint density at radius 2 is 1.79 bits per heavy atom. The van der Waals surface area contributed by atoms with Gasteiger partial charge in [-0.25, -0.2) is 0 Å². The first-order chi connectivity index (χ1) is 9.30. The van der Waals surface area contributed by atoms with Crippen LogP contribution in [-0.2, 0) is 10.2 Å². The molecule has 2 fully saturated rings. The fraction of sp³-hybridized carbons (Fsp3) is 0.588. The van der Waals surface area contributed by atoms with Gasteiger partial charge in [0.25, 0.3) is 0 Å². The van der Waals surface area contributed by atoms with E-state index in [0.29, 0.717) is 5.92 Å². The third-order valence-electron chi connectivity index (χ3n) is 5.02. The van der Waals surface area contributed by atoms with Crippen molar-refractivity contribution < 1.29 is 4.79 Å². The van der Waals surface area contributed by atoms with E-state index >= 15 is 0 Å². The van der Waals surface area contributed by atoms with E-state index in [2.05, 4.69) is 35.6 Å². The Morgan fingerprint density at radius 3 is 2.37 bits per heavy atom. The molecule has 0 atom stereocenters. The second-order valence-corrected chi connectivity index (χ2v) is 6.20. The molecule has 0 spiro atoms. The van der Waals surface area contributed by atoms with Crippen LogP contribution in [0.5, 0.6) is 0 Å². The van der Waals surface area contributed by atoms with Crippen molar-refractivity contribution in [3.63, 3.8) is 0 Å². The zero-order valence-electron chi connectivity index (χ0n) is 11.5. The van der Waals surface area contributed by atoms with Gasteiger partial charge in [-0.1, -0.05) is 49.6 Å². The molecule has 2 aliphatic carbocycles. The second-order valence-electron chi connectivity index (χ2n) is 6.20. The number of amides is 1. The van der Waals surface area contributed by atoms with Gasteiger partial charge in [0, 0.05) is 17.9 Å². The summed E-state index contributed by atoms with van der Waals surface area (Å²) in [6.45, 7) is 0.826. The highest BCUT2D eigenvalue weighted by molar-refractivity contribution is 5.79. The summed E-state index contributed by atoms with van der Waals surface area (Å²) in [7, 11) is 0. The largest absolute Gasteiger partial charge is 0.355 e. The van der Waals surface area contributed by atoms with E-state index in [0.717, 1.165) is 19.4 Å². The Hall–Kier alpha value is -1.31. The molecule has 0 radical (unpaired) electrons. The maximum absolute atomic E-state index is 12.0. The number of nitrogens with one attached hydrogen (secondary N) is 1. The number of carbonyl (C=O) groups is 1. The Balaban J connectivity index is 1.69. The smallest absolute Gasteiger partial charge is 0.223 e. The number of hydrogen-bond acceptors (Lipinski definition) is 1. The van der Waals surface area contributed by atoms with Gasteiger partial charge in [0.2, 0.25) is 5.91 Å². The van der Waals surface area contributed by atoms with Crippen LogP contribution < -0.4 is 5.32 Å². The maximum Gasteiger partial charge on any atom is 0.223 e.